The number of hydrogen-bond donors (Lipinski definition) is 0. The van der Waals surface area contributed by atoms with Crippen molar-refractivity contribution in [3.05, 3.63) is 0 Å². The lowest BCUT2D eigenvalue weighted by Crippen LogP contribution is -2.60. The van der Waals surface area contributed by atoms with Crippen LogP contribution in [0.5, 0.6) is 0 Å². The van der Waals surface area contributed by atoms with Gasteiger partial charge in [0.05, 0.1) is 4.83 Å². The average Bonchev–Trinajstić information content (AvgIpc) is 3.10. The quantitative estimate of drug-likeness (QED) is 0.338. The standard InChI is InChI=1S/C29H49BrO/c1-7-18(2)9-8-10-20(4)21-11-12-22-25-23(14-16-28(21,22)5)29(6)15-13-19(3)17-24(29)27(31)26(25)30/h18-26H,7-17H2,1-6H3/t18?,19-,20+,21?,22?,23?,24+,25?,26?,28+,29+/m0/s1. The van der Waals surface area contributed by atoms with Crippen molar-refractivity contribution < 1.29 is 4.79 Å². The van der Waals surface area contributed by atoms with Gasteiger partial charge < -0.3 is 0 Å². The van der Waals surface area contributed by atoms with E-state index in [1.165, 1.54) is 64.2 Å². The summed E-state index contributed by atoms with van der Waals surface area (Å²) in [6.07, 6.45) is 14.8. The van der Waals surface area contributed by atoms with E-state index in [4.69, 9.17) is 0 Å². The van der Waals surface area contributed by atoms with E-state index in [1.54, 1.807) is 0 Å². The van der Waals surface area contributed by atoms with Gasteiger partial charge in [0.15, 0.2) is 0 Å². The van der Waals surface area contributed by atoms with Gasteiger partial charge in [0.2, 0.25) is 0 Å². The molecule has 2 heteroatoms. The molecule has 178 valence electrons. The van der Waals surface area contributed by atoms with Gasteiger partial charge in [0, 0.05) is 5.92 Å². The third-order valence-corrected chi connectivity index (χ3v) is 12.6. The number of carbonyl (C=O) groups excluding carboxylic acids is 1. The Labute approximate surface area is 201 Å². The molecule has 0 bridgehead atoms. The molecule has 31 heavy (non-hydrogen) atoms. The minimum atomic E-state index is 0.116. The van der Waals surface area contributed by atoms with Crippen LogP contribution in [0.15, 0.2) is 0 Å². The molecule has 0 aromatic carbocycles. The number of rotatable bonds is 6. The van der Waals surface area contributed by atoms with Gasteiger partial charge in [-0.3, -0.25) is 4.79 Å². The second-order valence-corrected chi connectivity index (χ2v) is 14.2. The van der Waals surface area contributed by atoms with Crippen molar-refractivity contribution in [3.63, 3.8) is 0 Å². The van der Waals surface area contributed by atoms with Gasteiger partial charge in [-0.05, 0) is 90.8 Å². The first-order chi connectivity index (χ1) is 14.6. The highest BCUT2D eigenvalue weighted by Crippen LogP contribution is 2.68. The van der Waals surface area contributed by atoms with Gasteiger partial charge in [0.25, 0.3) is 0 Å². The van der Waals surface area contributed by atoms with Crippen molar-refractivity contribution in [2.24, 2.45) is 58.2 Å². The smallest absolute Gasteiger partial charge is 0.150 e. The Kier molecular flexibility index (Phi) is 7.10. The van der Waals surface area contributed by atoms with Crippen LogP contribution in [0.1, 0.15) is 112 Å². The molecule has 1 nitrogen and oxygen atoms in total. The van der Waals surface area contributed by atoms with Crippen LogP contribution in [0, 0.1) is 58.2 Å². The molecule has 0 N–H and O–H groups in total. The van der Waals surface area contributed by atoms with Crippen LogP contribution in [-0.4, -0.2) is 10.6 Å². The second kappa shape index (κ2) is 9.07. The summed E-state index contributed by atoms with van der Waals surface area (Å²) in [4.78, 5) is 13.8. The van der Waals surface area contributed by atoms with Crippen LogP contribution < -0.4 is 0 Å². The van der Waals surface area contributed by atoms with Crippen molar-refractivity contribution >= 4 is 21.7 Å². The first kappa shape index (κ1) is 24.3. The number of Topliss-reactive ketones (excluding diaryl/α,β-unsaturated/α-hetero) is 1. The monoisotopic (exact) mass is 492 g/mol. The third-order valence-electron chi connectivity index (χ3n) is 11.6. The highest BCUT2D eigenvalue weighted by Gasteiger charge is 2.64. The fourth-order valence-electron chi connectivity index (χ4n) is 9.33. The molecule has 0 aromatic rings. The van der Waals surface area contributed by atoms with Gasteiger partial charge in [0.1, 0.15) is 5.78 Å². The summed E-state index contributed by atoms with van der Waals surface area (Å²) in [5.41, 5.74) is 0.717. The molecule has 0 aromatic heterocycles. The maximum atomic E-state index is 13.7. The summed E-state index contributed by atoms with van der Waals surface area (Å²) < 4.78 is 0. The zero-order chi connectivity index (χ0) is 22.6. The van der Waals surface area contributed by atoms with E-state index in [1.807, 2.05) is 0 Å². The summed E-state index contributed by atoms with van der Waals surface area (Å²) in [5.74, 6) is 6.27. The Hall–Kier alpha value is 0.150. The van der Waals surface area contributed by atoms with Crippen molar-refractivity contribution in [2.45, 2.75) is 117 Å². The molecule has 4 rings (SSSR count). The summed E-state index contributed by atoms with van der Waals surface area (Å²) in [7, 11) is 0. The van der Waals surface area contributed by atoms with E-state index in [9.17, 15) is 4.79 Å². The van der Waals surface area contributed by atoms with Gasteiger partial charge in [-0.2, -0.15) is 0 Å². The van der Waals surface area contributed by atoms with E-state index >= 15 is 0 Å². The van der Waals surface area contributed by atoms with E-state index in [0.717, 1.165) is 41.9 Å². The fraction of sp³-hybridized carbons (Fsp3) is 0.966. The average molecular weight is 494 g/mol. The van der Waals surface area contributed by atoms with E-state index in [-0.39, 0.29) is 10.2 Å². The SMILES string of the molecule is CCC(C)CCC[C@@H](C)C1CCC2C3C(Br)C(=O)[C@H]4C[C@@H](C)CC[C@]4(C)C3CC[C@@]21C. The van der Waals surface area contributed by atoms with Crippen LogP contribution in [0.25, 0.3) is 0 Å². The van der Waals surface area contributed by atoms with E-state index in [0.29, 0.717) is 23.0 Å². The predicted molar refractivity (Wildman–Crippen MR) is 135 cm³/mol. The lowest BCUT2D eigenvalue weighted by molar-refractivity contribution is -0.154. The number of halogens is 1. The highest BCUT2D eigenvalue weighted by atomic mass is 79.9. The molecule has 4 fully saturated rings. The van der Waals surface area contributed by atoms with E-state index in [2.05, 4.69) is 57.5 Å². The summed E-state index contributed by atoms with van der Waals surface area (Å²) in [6.45, 7) is 14.8. The molecule has 0 aliphatic heterocycles. The van der Waals surface area contributed by atoms with Gasteiger partial charge >= 0.3 is 0 Å². The van der Waals surface area contributed by atoms with Crippen LogP contribution in [-0.2, 0) is 4.79 Å². The number of ketones is 1. The minimum absolute atomic E-state index is 0.116. The molecular weight excluding hydrogens is 444 g/mol. The molecule has 4 aliphatic rings. The van der Waals surface area contributed by atoms with Gasteiger partial charge in [-0.1, -0.05) is 89.6 Å². The first-order valence-electron chi connectivity index (χ1n) is 13.8. The Morgan fingerprint density at radius 1 is 1.00 bits per heavy atom. The van der Waals surface area contributed by atoms with Crippen molar-refractivity contribution in [2.75, 3.05) is 0 Å². The Morgan fingerprint density at radius 2 is 1.68 bits per heavy atom. The Morgan fingerprint density at radius 3 is 2.39 bits per heavy atom. The molecule has 6 unspecified atom stereocenters. The Bertz CT molecular complexity index is 659. The zero-order valence-corrected chi connectivity index (χ0v) is 22.8. The summed E-state index contributed by atoms with van der Waals surface area (Å²) in [6, 6.07) is 0. The van der Waals surface area contributed by atoms with Gasteiger partial charge in [-0.25, -0.2) is 0 Å². The number of hydrogen-bond acceptors (Lipinski definition) is 1. The van der Waals surface area contributed by atoms with Gasteiger partial charge in [-0.15, -0.1) is 0 Å². The van der Waals surface area contributed by atoms with Crippen LogP contribution in [0.3, 0.4) is 0 Å². The second-order valence-electron chi connectivity index (χ2n) is 13.2. The Balaban J connectivity index is 1.52. The molecular formula is C29H49BrO. The topological polar surface area (TPSA) is 17.1 Å². The maximum absolute atomic E-state index is 13.7. The van der Waals surface area contributed by atoms with Crippen molar-refractivity contribution in [1.29, 1.82) is 0 Å². The summed E-state index contributed by atoms with van der Waals surface area (Å²) in [5, 5.41) is 0. The molecule has 0 heterocycles. The lowest BCUT2D eigenvalue weighted by Gasteiger charge is -2.62. The molecule has 4 aliphatic carbocycles. The summed E-state index contributed by atoms with van der Waals surface area (Å²) >= 11 is 4.04. The predicted octanol–water partition coefficient (Wildman–Crippen LogP) is 8.69. The number of fused-ring (bicyclic) bond motifs is 5. The normalized spacial score (nSPS) is 49.1. The fourth-order valence-corrected chi connectivity index (χ4v) is 10.4. The van der Waals surface area contributed by atoms with E-state index < -0.39 is 0 Å². The molecule has 0 amide bonds. The highest BCUT2D eigenvalue weighted by molar-refractivity contribution is 9.10. The molecule has 0 spiro atoms. The number of alkyl halides is 1. The van der Waals surface area contributed by atoms with Crippen LogP contribution >= 0.6 is 15.9 Å². The zero-order valence-electron chi connectivity index (χ0n) is 21.3. The molecule has 0 saturated heterocycles. The maximum Gasteiger partial charge on any atom is 0.150 e. The largest absolute Gasteiger partial charge is 0.298 e. The van der Waals surface area contributed by atoms with Crippen LogP contribution in [0.2, 0.25) is 0 Å². The first-order valence-corrected chi connectivity index (χ1v) is 14.7. The van der Waals surface area contributed by atoms with Crippen molar-refractivity contribution in [1.82, 2.24) is 0 Å². The third kappa shape index (κ3) is 4.01. The van der Waals surface area contributed by atoms with Crippen molar-refractivity contribution in [3.8, 4) is 0 Å². The number of carbonyl (C=O) groups is 1. The van der Waals surface area contributed by atoms with Crippen LogP contribution in [0.4, 0.5) is 0 Å². The lowest BCUT2D eigenvalue weighted by atomic mass is 9.43. The molecule has 11 atom stereocenters. The minimum Gasteiger partial charge on any atom is -0.298 e. The molecule has 0 radical (unpaired) electrons. The molecule has 4 saturated carbocycles.